The maximum Gasteiger partial charge on any atom is 0.226 e. The van der Waals surface area contributed by atoms with Gasteiger partial charge in [0.05, 0.1) is 27.3 Å². The molecule has 6 nitrogen and oxygen atoms in total. The van der Waals surface area contributed by atoms with Gasteiger partial charge < -0.3 is 20.9 Å². The molecule has 0 aliphatic carbocycles. The molecule has 8 heteroatoms. The summed E-state index contributed by atoms with van der Waals surface area (Å²) in [4.78, 5) is 21.6. The lowest BCUT2D eigenvalue weighted by atomic mass is 10.0. The fraction of sp³-hybridized carbons (Fsp3) is 0.500. The number of hydrogen-bond acceptors (Lipinski definition) is 4. The number of nitrogens with two attached hydrogens (primary N) is 1. The predicted molar refractivity (Wildman–Crippen MR) is 97.0 cm³/mol. The first kappa shape index (κ1) is 17.2. The summed E-state index contributed by atoms with van der Waals surface area (Å²) in [5.41, 5.74) is 8.13. The molecule has 1 saturated heterocycles. The minimum Gasteiger partial charge on any atom is -0.368 e. The number of halogens is 2. The Morgan fingerprint density at radius 3 is 3.00 bits per heavy atom. The van der Waals surface area contributed by atoms with E-state index in [4.69, 9.17) is 5.73 Å². The van der Waals surface area contributed by atoms with Gasteiger partial charge in [0.1, 0.15) is 11.8 Å². The molecule has 1 aliphatic rings. The van der Waals surface area contributed by atoms with E-state index in [2.05, 4.69) is 31.2 Å². The summed E-state index contributed by atoms with van der Waals surface area (Å²) in [5, 5.41) is 3.74. The molecule has 2 aromatic heterocycles. The number of fused-ring (bicyclic) bond motifs is 1. The Morgan fingerprint density at radius 2 is 2.33 bits per heavy atom. The number of hydrogen-bond donors (Lipinski definition) is 3. The van der Waals surface area contributed by atoms with E-state index in [1.54, 1.807) is 12.4 Å². The Labute approximate surface area is 148 Å². The molecular weight excluding hydrogens is 377 g/mol. The van der Waals surface area contributed by atoms with Gasteiger partial charge in [-0.05, 0) is 22.4 Å². The Morgan fingerprint density at radius 1 is 1.58 bits per heavy atom. The molecule has 4 N–H and O–H groups in total. The SMILES string of the molecule is CC(C)C(=O)Nc1c[nH]c2ncc(Br)c(N3CC[C@@H](F)[C@H](N)C3)c12. The van der Waals surface area contributed by atoms with Crippen molar-refractivity contribution in [3.8, 4) is 0 Å². The molecule has 1 aliphatic heterocycles. The molecule has 0 spiro atoms. The minimum absolute atomic E-state index is 0.0685. The first-order valence-electron chi connectivity index (χ1n) is 7.99. The van der Waals surface area contributed by atoms with E-state index in [1.165, 1.54) is 0 Å². The number of aromatic nitrogens is 2. The molecule has 1 amide bonds. The standard InChI is InChI=1S/C16H21BrFN5O/c1-8(2)16(24)22-12-6-21-15-13(12)14(9(17)5-20-15)23-4-3-10(18)11(19)7-23/h5-6,8,10-11H,3-4,7,19H2,1-2H3,(H,20,21)(H,22,24)/t10-,11-/m1/s1. The van der Waals surface area contributed by atoms with Crippen molar-refractivity contribution >= 4 is 44.2 Å². The highest BCUT2D eigenvalue weighted by molar-refractivity contribution is 9.10. The van der Waals surface area contributed by atoms with E-state index in [1.807, 2.05) is 18.7 Å². The van der Waals surface area contributed by atoms with Crippen LogP contribution >= 0.6 is 15.9 Å². The van der Waals surface area contributed by atoms with Crippen molar-refractivity contribution in [1.29, 1.82) is 0 Å². The van der Waals surface area contributed by atoms with Crippen LogP contribution in [0, 0.1) is 5.92 Å². The summed E-state index contributed by atoms with van der Waals surface area (Å²) in [5.74, 6) is -0.199. The Balaban J connectivity index is 2.04. The highest BCUT2D eigenvalue weighted by atomic mass is 79.9. The lowest BCUT2D eigenvalue weighted by Gasteiger charge is -2.35. The maximum atomic E-state index is 13.7. The number of amides is 1. The lowest BCUT2D eigenvalue weighted by molar-refractivity contribution is -0.118. The smallest absolute Gasteiger partial charge is 0.226 e. The summed E-state index contributed by atoms with van der Waals surface area (Å²) >= 11 is 3.54. The first-order valence-corrected chi connectivity index (χ1v) is 8.78. The van der Waals surface area contributed by atoms with Gasteiger partial charge in [-0.15, -0.1) is 0 Å². The number of anilines is 2. The third-order valence-corrected chi connectivity index (χ3v) is 4.88. The molecule has 0 bridgehead atoms. The van der Waals surface area contributed by atoms with Gasteiger partial charge in [0.2, 0.25) is 5.91 Å². The third-order valence-electron chi connectivity index (χ3n) is 4.30. The molecule has 0 aromatic carbocycles. The second kappa shape index (κ2) is 6.68. The average Bonchev–Trinajstić information content (AvgIpc) is 2.93. The molecule has 24 heavy (non-hydrogen) atoms. The number of carbonyl (C=O) groups is 1. The number of pyridine rings is 1. The normalized spacial score (nSPS) is 21.5. The van der Waals surface area contributed by atoms with E-state index in [0.717, 1.165) is 15.5 Å². The molecular formula is C16H21BrFN5O. The summed E-state index contributed by atoms with van der Waals surface area (Å²) in [6, 6.07) is -0.526. The monoisotopic (exact) mass is 397 g/mol. The number of aromatic amines is 1. The van der Waals surface area contributed by atoms with Crippen LogP contribution in [0.1, 0.15) is 20.3 Å². The van der Waals surface area contributed by atoms with Crippen LogP contribution in [0.5, 0.6) is 0 Å². The maximum absolute atomic E-state index is 13.7. The largest absolute Gasteiger partial charge is 0.368 e. The summed E-state index contributed by atoms with van der Waals surface area (Å²) < 4.78 is 14.5. The molecule has 0 radical (unpaired) electrons. The van der Waals surface area contributed by atoms with E-state index in [0.29, 0.717) is 30.8 Å². The zero-order chi connectivity index (χ0) is 17.4. The molecule has 3 rings (SSSR count). The Hall–Kier alpha value is -1.67. The number of carbonyl (C=O) groups excluding carboxylic acids is 1. The molecule has 2 atom stereocenters. The van der Waals surface area contributed by atoms with Gasteiger partial charge in [-0.2, -0.15) is 0 Å². The van der Waals surface area contributed by atoms with E-state index in [9.17, 15) is 9.18 Å². The predicted octanol–water partition coefficient (Wildman–Crippen LogP) is 2.80. The first-order chi connectivity index (χ1) is 11.4. The summed E-state index contributed by atoms with van der Waals surface area (Å²) in [6.45, 7) is 4.66. The Bertz CT molecular complexity index is 762. The number of rotatable bonds is 3. The van der Waals surface area contributed by atoms with E-state index >= 15 is 0 Å². The molecule has 0 saturated carbocycles. The van der Waals surface area contributed by atoms with Crippen LogP contribution in [0.4, 0.5) is 15.8 Å². The number of nitrogens with one attached hydrogen (secondary N) is 2. The van der Waals surface area contributed by atoms with Crippen molar-refractivity contribution in [3.05, 3.63) is 16.9 Å². The molecule has 1 fully saturated rings. The van der Waals surface area contributed by atoms with Gasteiger partial charge in [0, 0.05) is 31.4 Å². The van der Waals surface area contributed by atoms with Gasteiger partial charge >= 0.3 is 0 Å². The lowest BCUT2D eigenvalue weighted by Crippen LogP contribution is -2.50. The van der Waals surface area contributed by atoms with E-state index < -0.39 is 12.2 Å². The van der Waals surface area contributed by atoms with Crippen LogP contribution in [0.3, 0.4) is 0 Å². The van der Waals surface area contributed by atoms with Crippen molar-refractivity contribution in [1.82, 2.24) is 9.97 Å². The van der Waals surface area contributed by atoms with Crippen molar-refractivity contribution in [2.24, 2.45) is 11.7 Å². The topological polar surface area (TPSA) is 87.0 Å². The van der Waals surface area contributed by atoms with Gasteiger partial charge in [0.25, 0.3) is 0 Å². The summed E-state index contributed by atoms with van der Waals surface area (Å²) in [7, 11) is 0. The number of nitrogens with zero attached hydrogens (tertiary/aromatic N) is 2. The minimum atomic E-state index is -0.983. The van der Waals surface area contributed by atoms with Crippen molar-refractivity contribution in [2.45, 2.75) is 32.5 Å². The van der Waals surface area contributed by atoms with Crippen molar-refractivity contribution in [3.63, 3.8) is 0 Å². The zero-order valence-corrected chi connectivity index (χ0v) is 15.2. The Kier molecular flexibility index (Phi) is 4.78. The van der Waals surface area contributed by atoms with Crippen LogP contribution in [-0.2, 0) is 4.79 Å². The van der Waals surface area contributed by atoms with Crippen molar-refractivity contribution in [2.75, 3.05) is 23.3 Å². The quantitative estimate of drug-likeness (QED) is 0.742. The highest BCUT2D eigenvalue weighted by Crippen LogP contribution is 2.39. The van der Waals surface area contributed by atoms with Crippen LogP contribution < -0.4 is 16.0 Å². The van der Waals surface area contributed by atoms with E-state index in [-0.39, 0.29) is 11.8 Å². The van der Waals surface area contributed by atoms with Gasteiger partial charge in [-0.3, -0.25) is 4.79 Å². The van der Waals surface area contributed by atoms with Crippen LogP contribution in [0.2, 0.25) is 0 Å². The second-order valence-corrected chi connectivity index (χ2v) is 7.29. The molecule has 2 aromatic rings. The second-order valence-electron chi connectivity index (χ2n) is 6.44. The summed E-state index contributed by atoms with van der Waals surface area (Å²) in [6.07, 6.45) is 2.84. The van der Waals surface area contributed by atoms with Crippen LogP contribution in [-0.4, -0.2) is 41.2 Å². The van der Waals surface area contributed by atoms with Crippen LogP contribution in [0.15, 0.2) is 16.9 Å². The van der Waals surface area contributed by atoms with Gasteiger partial charge in [-0.1, -0.05) is 13.8 Å². The third kappa shape index (κ3) is 3.12. The molecule has 0 unspecified atom stereocenters. The number of H-pyrrole nitrogens is 1. The fourth-order valence-electron chi connectivity index (χ4n) is 2.90. The average molecular weight is 398 g/mol. The van der Waals surface area contributed by atoms with Gasteiger partial charge in [0.15, 0.2) is 0 Å². The van der Waals surface area contributed by atoms with Crippen LogP contribution in [0.25, 0.3) is 11.0 Å². The van der Waals surface area contributed by atoms with Crippen molar-refractivity contribution < 1.29 is 9.18 Å². The van der Waals surface area contributed by atoms with Gasteiger partial charge in [-0.25, -0.2) is 9.37 Å². The molecule has 3 heterocycles. The zero-order valence-electron chi connectivity index (χ0n) is 13.6. The highest BCUT2D eigenvalue weighted by Gasteiger charge is 2.29. The number of alkyl halides is 1. The number of piperidine rings is 1. The fourth-order valence-corrected chi connectivity index (χ4v) is 3.45. The molecule has 130 valence electrons.